The molecule has 1 aromatic heterocycles. The molecule has 0 radical (unpaired) electrons. The lowest BCUT2D eigenvalue weighted by molar-refractivity contribution is -0.148. The summed E-state index contributed by atoms with van der Waals surface area (Å²) in [6, 6.07) is 3.19. The van der Waals surface area contributed by atoms with Gasteiger partial charge in [0.25, 0.3) is 0 Å². The zero-order valence-corrected chi connectivity index (χ0v) is 10.8. The summed E-state index contributed by atoms with van der Waals surface area (Å²) < 4.78 is 11.6. The number of ether oxygens (including phenoxy) is 2. The monoisotopic (exact) mass is 253 g/mol. The fourth-order valence-electron chi connectivity index (χ4n) is 1.67. The average Bonchev–Trinajstić information content (AvgIpc) is 2.83. The number of aromatic nitrogens is 1. The molecule has 0 N–H and O–H groups in total. The molecule has 5 nitrogen and oxygen atoms in total. The van der Waals surface area contributed by atoms with E-state index in [0.717, 1.165) is 0 Å². The molecule has 0 aliphatic carbocycles. The van der Waals surface area contributed by atoms with Crippen LogP contribution in [0.5, 0.6) is 0 Å². The molecule has 0 bridgehead atoms. The first-order chi connectivity index (χ1) is 8.69. The number of hydrogen-bond acceptors (Lipinski definition) is 4. The van der Waals surface area contributed by atoms with Gasteiger partial charge < -0.3 is 14.0 Å². The highest BCUT2D eigenvalue weighted by Crippen LogP contribution is 2.16. The largest absolute Gasteiger partial charge is 0.466 e. The van der Waals surface area contributed by atoms with Crippen LogP contribution < -0.4 is 0 Å². The Labute approximate surface area is 107 Å². The van der Waals surface area contributed by atoms with Gasteiger partial charge in [-0.1, -0.05) is 0 Å². The second-order valence-electron chi connectivity index (χ2n) is 3.74. The van der Waals surface area contributed by atoms with Crippen LogP contribution in [0.4, 0.5) is 0 Å². The fourth-order valence-corrected chi connectivity index (χ4v) is 1.67. The predicted molar refractivity (Wildman–Crippen MR) is 66.0 cm³/mol. The quantitative estimate of drug-likeness (QED) is 0.697. The summed E-state index contributed by atoms with van der Waals surface area (Å²) >= 11 is 0. The van der Waals surface area contributed by atoms with Crippen LogP contribution >= 0.6 is 0 Å². The topological polar surface area (TPSA) is 57.5 Å². The predicted octanol–water partition coefficient (Wildman–Crippen LogP) is 1.94. The number of hydrogen-bond donors (Lipinski definition) is 0. The van der Waals surface area contributed by atoms with E-state index >= 15 is 0 Å². The van der Waals surface area contributed by atoms with Crippen LogP contribution in [0, 0.1) is 0 Å². The molecule has 0 spiro atoms. The van der Waals surface area contributed by atoms with Gasteiger partial charge in [-0.3, -0.25) is 4.79 Å². The van der Waals surface area contributed by atoms with E-state index in [2.05, 4.69) is 0 Å². The molecule has 0 saturated carbocycles. The zero-order valence-electron chi connectivity index (χ0n) is 10.8. The molecule has 0 amide bonds. The van der Waals surface area contributed by atoms with E-state index in [4.69, 9.17) is 9.47 Å². The van der Waals surface area contributed by atoms with Gasteiger partial charge in [-0.25, -0.2) is 4.79 Å². The molecule has 0 fully saturated rings. The van der Waals surface area contributed by atoms with Crippen LogP contribution in [-0.4, -0.2) is 29.7 Å². The van der Waals surface area contributed by atoms with Crippen LogP contribution in [0.15, 0.2) is 24.5 Å². The van der Waals surface area contributed by atoms with Gasteiger partial charge in [0.1, 0.15) is 6.04 Å². The van der Waals surface area contributed by atoms with Crippen molar-refractivity contribution in [2.75, 3.05) is 13.2 Å². The molecule has 18 heavy (non-hydrogen) atoms. The van der Waals surface area contributed by atoms with Gasteiger partial charge >= 0.3 is 11.9 Å². The van der Waals surface area contributed by atoms with E-state index in [0.29, 0.717) is 19.6 Å². The van der Waals surface area contributed by atoms with Crippen molar-refractivity contribution in [1.29, 1.82) is 0 Å². The van der Waals surface area contributed by atoms with Crippen molar-refractivity contribution in [3.05, 3.63) is 24.5 Å². The average molecular weight is 253 g/mol. The maximum absolute atomic E-state index is 11.8. The van der Waals surface area contributed by atoms with E-state index in [9.17, 15) is 9.59 Å². The van der Waals surface area contributed by atoms with Crippen molar-refractivity contribution in [2.45, 2.75) is 32.7 Å². The van der Waals surface area contributed by atoms with E-state index in [-0.39, 0.29) is 18.4 Å². The molecule has 100 valence electrons. The first-order valence-corrected chi connectivity index (χ1v) is 6.13. The third-order valence-electron chi connectivity index (χ3n) is 2.47. The van der Waals surface area contributed by atoms with Gasteiger partial charge in [0.05, 0.1) is 13.2 Å². The number of carbonyl (C=O) groups is 2. The number of rotatable bonds is 7. The molecule has 0 aliphatic rings. The number of carbonyl (C=O) groups excluding carboxylic acids is 2. The zero-order chi connectivity index (χ0) is 13.4. The Morgan fingerprint density at radius 2 is 1.72 bits per heavy atom. The second kappa shape index (κ2) is 7.53. The first kappa shape index (κ1) is 14.3. The standard InChI is InChI=1S/C13H19NO4/c1-3-17-12(15)8-7-11(13(16)18-4-2)14-9-5-6-10-14/h5-6,9-11H,3-4,7-8H2,1-2H3. The summed E-state index contributed by atoms with van der Waals surface area (Å²) in [6.07, 6.45) is 4.15. The molecule has 1 atom stereocenters. The summed E-state index contributed by atoms with van der Waals surface area (Å²) in [7, 11) is 0. The van der Waals surface area contributed by atoms with Crippen molar-refractivity contribution >= 4 is 11.9 Å². The number of nitrogens with zero attached hydrogens (tertiary/aromatic N) is 1. The summed E-state index contributed by atoms with van der Waals surface area (Å²) in [5.74, 6) is -0.614. The molecule has 1 unspecified atom stereocenters. The van der Waals surface area contributed by atoms with Gasteiger partial charge in [-0.15, -0.1) is 0 Å². The Hall–Kier alpha value is -1.78. The molecule has 1 rings (SSSR count). The molecule has 0 saturated heterocycles. The molecule has 5 heteroatoms. The van der Waals surface area contributed by atoms with Crippen LogP contribution in [0.1, 0.15) is 32.7 Å². The lowest BCUT2D eigenvalue weighted by atomic mass is 10.1. The van der Waals surface area contributed by atoms with Crippen molar-refractivity contribution in [1.82, 2.24) is 4.57 Å². The third kappa shape index (κ3) is 4.24. The minimum Gasteiger partial charge on any atom is -0.466 e. The van der Waals surface area contributed by atoms with Crippen molar-refractivity contribution in [3.63, 3.8) is 0 Å². The smallest absolute Gasteiger partial charge is 0.329 e. The highest BCUT2D eigenvalue weighted by Gasteiger charge is 2.22. The van der Waals surface area contributed by atoms with Gasteiger partial charge in [0.2, 0.25) is 0 Å². The van der Waals surface area contributed by atoms with Gasteiger partial charge in [0, 0.05) is 18.8 Å². The van der Waals surface area contributed by atoms with Crippen LogP contribution in [-0.2, 0) is 19.1 Å². The van der Waals surface area contributed by atoms with Crippen molar-refractivity contribution in [2.24, 2.45) is 0 Å². The molecule has 0 aliphatic heterocycles. The normalized spacial score (nSPS) is 11.9. The summed E-state index contributed by atoms with van der Waals surface area (Å²) in [6.45, 7) is 4.20. The Morgan fingerprint density at radius 3 is 2.28 bits per heavy atom. The minimum absolute atomic E-state index is 0.204. The van der Waals surface area contributed by atoms with E-state index in [1.807, 2.05) is 12.1 Å². The maximum atomic E-state index is 11.8. The molecule has 0 aromatic carbocycles. The van der Waals surface area contributed by atoms with Gasteiger partial charge in [-0.05, 0) is 32.4 Å². The second-order valence-corrected chi connectivity index (χ2v) is 3.74. The SMILES string of the molecule is CCOC(=O)CCC(C(=O)OCC)n1cccc1. The maximum Gasteiger partial charge on any atom is 0.329 e. The lowest BCUT2D eigenvalue weighted by Gasteiger charge is -2.16. The fraction of sp³-hybridized carbons (Fsp3) is 0.538. The van der Waals surface area contributed by atoms with Crippen molar-refractivity contribution in [3.8, 4) is 0 Å². The van der Waals surface area contributed by atoms with E-state index in [1.165, 1.54) is 0 Å². The summed E-state index contributed by atoms with van der Waals surface area (Å²) in [5, 5.41) is 0. The Kier molecular flexibility index (Phi) is 5.97. The summed E-state index contributed by atoms with van der Waals surface area (Å²) in [5.41, 5.74) is 0. The highest BCUT2D eigenvalue weighted by molar-refractivity contribution is 5.76. The first-order valence-electron chi connectivity index (χ1n) is 6.13. The Balaban J connectivity index is 2.61. The van der Waals surface area contributed by atoms with Gasteiger partial charge in [-0.2, -0.15) is 0 Å². The van der Waals surface area contributed by atoms with E-state index < -0.39 is 6.04 Å². The van der Waals surface area contributed by atoms with Crippen molar-refractivity contribution < 1.29 is 19.1 Å². The lowest BCUT2D eigenvalue weighted by Crippen LogP contribution is -2.22. The molecular weight excluding hydrogens is 234 g/mol. The summed E-state index contributed by atoms with van der Waals surface area (Å²) in [4.78, 5) is 23.1. The van der Waals surface area contributed by atoms with Crippen LogP contribution in [0.3, 0.4) is 0 Å². The highest BCUT2D eigenvalue weighted by atomic mass is 16.5. The third-order valence-corrected chi connectivity index (χ3v) is 2.47. The molecule has 1 aromatic rings. The Morgan fingerprint density at radius 1 is 1.11 bits per heavy atom. The molecule has 1 heterocycles. The van der Waals surface area contributed by atoms with E-state index in [1.54, 1.807) is 30.8 Å². The number of esters is 2. The van der Waals surface area contributed by atoms with Crippen LogP contribution in [0.2, 0.25) is 0 Å². The minimum atomic E-state index is -0.468. The Bertz CT molecular complexity index is 372. The van der Waals surface area contributed by atoms with Crippen LogP contribution in [0.25, 0.3) is 0 Å². The molecular formula is C13H19NO4. The van der Waals surface area contributed by atoms with Gasteiger partial charge in [0.15, 0.2) is 0 Å².